The van der Waals surface area contributed by atoms with E-state index in [0.717, 1.165) is 5.56 Å². The van der Waals surface area contributed by atoms with Crippen molar-refractivity contribution >= 4 is 22.0 Å². The van der Waals surface area contributed by atoms with Gasteiger partial charge in [-0.1, -0.05) is 0 Å². The van der Waals surface area contributed by atoms with Gasteiger partial charge in [-0.2, -0.15) is 4.31 Å². The van der Waals surface area contributed by atoms with Crippen LogP contribution in [0.25, 0.3) is 0 Å². The number of carbonyl (C=O) groups excluding carboxylic acids is 2. The van der Waals surface area contributed by atoms with Gasteiger partial charge < -0.3 is 18.9 Å². The van der Waals surface area contributed by atoms with Gasteiger partial charge in [0.05, 0.1) is 51.4 Å². The maximum Gasteiger partial charge on any atom is 0.337 e. The minimum atomic E-state index is -3.99. The first-order valence-corrected chi connectivity index (χ1v) is 11.2. The quantitative estimate of drug-likeness (QED) is 0.576. The first kappa shape index (κ1) is 23.6. The Morgan fingerprint density at radius 3 is 2.16 bits per heavy atom. The Kier molecular flexibility index (Phi) is 7.05. The van der Waals surface area contributed by atoms with Crippen LogP contribution in [0.4, 0.5) is 0 Å². The molecule has 1 aliphatic rings. The molecule has 0 fully saturated rings. The Labute approximate surface area is 186 Å². The molecule has 1 atom stereocenters. The van der Waals surface area contributed by atoms with Gasteiger partial charge in [-0.25, -0.2) is 13.2 Å². The number of hydrogen-bond donors (Lipinski definition) is 0. The smallest absolute Gasteiger partial charge is 0.337 e. The number of esters is 2. The van der Waals surface area contributed by atoms with Crippen LogP contribution in [-0.4, -0.2) is 59.6 Å². The van der Waals surface area contributed by atoms with E-state index >= 15 is 0 Å². The van der Waals surface area contributed by atoms with E-state index in [0.29, 0.717) is 23.5 Å². The number of benzene rings is 2. The van der Waals surface area contributed by atoms with E-state index < -0.39 is 28.0 Å². The summed E-state index contributed by atoms with van der Waals surface area (Å²) in [6, 6.07) is 8.18. The largest absolute Gasteiger partial charge is 0.493 e. The highest BCUT2D eigenvalue weighted by atomic mass is 32.2. The second kappa shape index (κ2) is 9.58. The molecule has 0 radical (unpaired) electrons. The zero-order chi connectivity index (χ0) is 23.5. The molecule has 0 bridgehead atoms. The summed E-state index contributed by atoms with van der Waals surface area (Å²) in [7, 11) is 1.52. The van der Waals surface area contributed by atoms with E-state index in [9.17, 15) is 18.0 Å². The summed E-state index contributed by atoms with van der Waals surface area (Å²) in [5.41, 5.74) is 1.75. The summed E-state index contributed by atoms with van der Waals surface area (Å²) in [6.07, 6.45) is 0.255. The van der Waals surface area contributed by atoms with Gasteiger partial charge in [-0.05, 0) is 53.9 Å². The minimum absolute atomic E-state index is 0.00365. The molecule has 0 amide bonds. The molecule has 32 heavy (non-hydrogen) atoms. The minimum Gasteiger partial charge on any atom is -0.493 e. The lowest BCUT2D eigenvalue weighted by Crippen LogP contribution is -2.41. The predicted octanol–water partition coefficient (Wildman–Crippen LogP) is 2.34. The second-order valence-corrected chi connectivity index (χ2v) is 8.97. The molecule has 2 aromatic carbocycles. The van der Waals surface area contributed by atoms with Crippen LogP contribution in [0.15, 0.2) is 41.3 Å². The fourth-order valence-electron chi connectivity index (χ4n) is 3.76. The zero-order valence-corrected chi connectivity index (χ0v) is 19.1. The molecule has 0 saturated carbocycles. The highest BCUT2D eigenvalue weighted by molar-refractivity contribution is 7.89. The van der Waals surface area contributed by atoms with Crippen LogP contribution in [0.2, 0.25) is 0 Å². The van der Waals surface area contributed by atoms with Crippen molar-refractivity contribution in [3.63, 3.8) is 0 Å². The molecule has 0 aliphatic carbocycles. The fraction of sp³-hybridized carbons (Fsp3) is 0.364. The third-order valence-corrected chi connectivity index (χ3v) is 7.35. The molecule has 1 heterocycles. The number of hydrogen-bond acceptors (Lipinski definition) is 8. The first-order valence-electron chi connectivity index (χ1n) is 9.78. The Balaban J connectivity index is 2.06. The molecule has 1 unspecified atom stereocenters. The Morgan fingerprint density at radius 2 is 1.59 bits per heavy atom. The van der Waals surface area contributed by atoms with Crippen LogP contribution >= 0.6 is 0 Å². The number of carbonyl (C=O) groups is 2. The van der Waals surface area contributed by atoms with Gasteiger partial charge in [0.1, 0.15) is 0 Å². The molecule has 10 heteroatoms. The number of sulfonamides is 1. The topological polar surface area (TPSA) is 108 Å². The molecular weight excluding hydrogens is 438 g/mol. The maximum atomic E-state index is 13.5. The lowest BCUT2D eigenvalue weighted by molar-refractivity contribution is -0.141. The molecular formula is C22H25NO8S. The van der Waals surface area contributed by atoms with Gasteiger partial charge in [0.2, 0.25) is 10.0 Å². The van der Waals surface area contributed by atoms with E-state index in [4.69, 9.17) is 14.2 Å². The van der Waals surface area contributed by atoms with Crippen LogP contribution in [0.5, 0.6) is 11.5 Å². The third-order valence-electron chi connectivity index (χ3n) is 5.42. The molecule has 172 valence electrons. The fourth-order valence-corrected chi connectivity index (χ4v) is 5.37. The lowest BCUT2D eigenvalue weighted by atomic mass is 9.91. The SMILES string of the molecule is COC(=O)CC1c2cc(OC)c(OC)cc2CCN1S(=O)(=O)c1ccc(C(=O)OC)cc1. The molecule has 9 nitrogen and oxygen atoms in total. The van der Waals surface area contributed by atoms with Gasteiger partial charge in [0.15, 0.2) is 11.5 Å². The molecule has 0 aromatic heterocycles. The molecule has 0 N–H and O–H groups in total. The van der Waals surface area contributed by atoms with Gasteiger partial charge >= 0.3 is 11.9 Å². The van der Waals surface area contributed by atoms with Crippen molar-refractivity contribution in [3.8, 4) is 11.5 Å². The first-order chi connectivity index (χ1) is 15.3. The normalized spacial score (nSPS) is 16.1. The summed E-state index contributed by atoms with van der Waals surface area (Å²) in [5.74, 6) is -0.148. The standard InChI is InChI=1S/C22H25NO8S/c1-28-19-11-15-9-10-23(18(13-21(24)30-3)17(15)12-20(19)29-2)32(26,27)16-7-5-14(6-8-16)22(25)31-4/h5-8,11-12,18H,9-10,13H2,1-4H3. The van der Waals surface area contributed by atoms with Gasteiger partial charge in [-0.15, -0.1) is 0 Å². The summed E-state index contributed by atoms with van der Waals surface area (Å²) in [5, 5.41) is 0. The number of methoxy groups -OCH3 is 4. The Bertz CT molecular complexity index is 1110. The Morgan fingerprint density at radius 1 is 0.969 bits per heavy atom. The van der Waals surface area contributed by atoms with Crippen LogP contribution in [-0.2, 0) is 30.7 Å². The van der Waals surface area contributed by atoms with E-state index in [1.807, 2.05) is 0 Å². The van der Waals surface area contributed by atoms with E-state index in [1.54, 1.807) is 12.1 Å². The van der Waals surface area contributed by atoms with Crippen molar-refractivity contribution < 1.29 is 37.0 Å². The average molecular weight is 464 g/mol. The Hall–Kier alpha value is -3.11. The average Bonchev–Trinajstić information content (AvgIpc) is 2.82. The van der Waals surface area contributed by atoms with Crippen LogP contribution < -0.4 is 9.47 Å². The van der Waals surface area contributed by atoms with Gasteiger partial charge in [0, 0.05) is 6.54 Å². The molecule has 0 spiro atoms. The maximum absolute atomic E-state index is 13.5. The third kappa shape index (κ3) is 4.42. The zero-order valence-electron chi connectivity index (χ0n) is 18.3. The highest BCUT2D eigenvalue weighted by Gasteiger charge is 2.38. The molecule has 2 aromatic rings. The van der Waals surface area contributed by atoms with Crippen molar-refractivity contribution in [3.05, 3.63) is 53.1 Å². The summed E-state index contributed by atoms with van der Waals surface area (Å²) in [4.78, 5) is 23.9. The van der Waals surface area contributed by atoms with Crippen molar-refractivity contribution in [1.29, 1.82) is 0 Å². The lowest BCUT2D eigenvalue weighted by Gasteiger charge is -2.36. The summed E-state index contributed by atoms with van der Waals surface area (Å²) < 4.78 is 48.5. The highest BCUT2D eigenvalue weighted by Crippen LogP contribution is 2.41. The molecule has 0 saturated heterocycles. The summed E-state index contributed by atoms with van der Waals surface area (Å²) in [6.45, 7) is 0.158. The number of rotatable bonds is 7. The molecule has 1 aliphatic heterocycles. The monoisotopic (exact) mass is 463 g/mol. The van der Waals surface area contributed by atoms with E-state index in [1.165, 1.54) is 57.0 Å². The van der Waals surface area contributed by atoms with Gasteiger partial charge in [-0.3, -0.25) is 4.79 Å². The van der Waals surface area contributed by atoms with Crippen molar-refractivity contribution in [1.82, 2.24) is 4.31 Å². The number of nitrogens with zero attached hydrogens (tertiary/aromatic N) is 1. The number of ether oxygens (including phenoxy) is 4. The second-order valence-electron chi connectivity index (χ2n) is 7.08. The summed E-state index contributed by atoms with van der Waals surface area (Å²) >= 11 is 0. The van der Waals surface area contributed by atoms with Crippen molar-refractivity contribution in [2.45, 2.75) is 23.8 Å². The van der Waals surface area contributed by atoms with Gasteiger partial charge in [0.25, 0.3) is 0 Å². The van der Waals surface area contributed by atoms with Crippen LogP contribution in [0, 0.1) is 0 Å². The predicted molar refractivity (Wildman–Crippen MR) is 114 cm³/mol. The van der Waals surface area contributed by atoms with Crippen molar-refractivity contribution in [2.75, 3.05) is 35.0 Å². The van der Waals surface area contributed by atoms with E-state index in [2.05, 4.69) is 4.74 Å². The van der Waals surface area contributed by atoms with E-state index in [-0.39, 0.29) is 23.4 Å². The molecule has 3 rings (SSSR count). The van der Waals surface area contributed by atoms with Crippen LogP contribution in [0.1, 0.15) is 33.9 Å². The van der Waals surface area contributed by atoms with Crippen LogP contribution in [0.3, 0.4) is 0 Å². The van der Waals surface area contributed by atoms with Crippen molar-refractivity contribution in [2.24, 2.45) is 0 Å². The number of fused-ring (bicyclic) bond motifs is 1.